The Balaban J connectivity index is 1.85. The van der Waals surface area contributed by atoms with Gasteiger partial charge in [-0.1, -0.05) is 6.07 Å². The Morgan fingerprint density at radius 2 is 2.00 bits per heavy atom. The van der Waals surface area contributed by atoms with Gasteiger partial charge in [-0.05, 0) is 35.9 Å². The number of ether oxygens (including phenoxy) is 2. The highest BCUT2D eigenvalue weighted by atomic mass is 19.1. The van der Waals surface area contributed by atoms with Gasteiger partial charge in [0.1, 0.15) is 12.4 Å². The molecule has 0 unspecified atom stereocenters. The molecule has 4 rings (SSSR count). The molecule has 2 N–H and O–H groups in total. The predicted molar refractivity (Wildman–Crippen MR) is 101 cm³/mol. The Hall–Kier alpha value is -3.39. The number of hydrogen-bond donors (Lipinski definition) is 2. The second kappa shape index (κ2) is 6.97. The topological polar surface area (TPSA) is 85.6 Å². The van der Waals surface area contributed by atoms with Gasteiger partial charge >= 0.3 is 0 Å². The Labute approximate surface area is 160 Å². The summed E-state index contributed by atoms with van der Waals surface area (Å²) < 4.78 is 25.4. The van der Waals surface area contributed by atoms with Crippen molar-refractivity contribution >= 4 is 17.4 Å². The third-order valence-corrected chi connectivity index (χ3v) is 4.67. The van der Waals surface area contributed by atoms with Crippen molar-refractivity contribution in [2.45, 2.75) is 6.42 Å². The normalized spacial score (nSPS) is 11.7. The summed E-state index contributed by atoms with van der Waals surface area (Å²) in [5.41, 5.74) is 3.57. The van der Waals surface area contributed by atoms with Crippen LogP contribution in [0.25, 0.3) is 11.3 Å². The van der Waals surface area contributed by atoms with Crippen LogP contribution in [0.2, 0.25) is 0 Å². The monoisotopic (exact) mass is 383 g/mol. The molecule has 1 aromatic heterocycles. The number of rotatable bonds is 5. The average molecular weight is 383 g/mol. The van der Waals surface area contributed by atoms with Crippen molar-refractivity contribution in [2.24, 2.45) is 0 Å². The Bertz CT molecular complexity index is 1080. The van der Waals surface area contributed by atoms with E-state index in [1.807, 2.05) is 6.07 Å². The number of fused-ring (bicyclic) bond motifs is 3. The molecule has 0 fully saturated rings. The minimum Gasteiger partial charge on any atom is -0.493 e. The number of nitrogens with zero attached hydrogens (tertiary/aromatic N) is 2. The van der Waals surface area contributed by atoms with Crippen molar-refractivity contribution in [1.29, 1.82) is 0 Å². The lowest BCUT2D eigenvalue weighted by Gasteiger charge is -2.11. The molecule has 1 aliphatic carbocycles. The highest BCUT2D eigenvalue weighted by Crippen LogP contribution is 2.45. The quantitative estimate of drug-likeness (QED) is 0.551. The average Bonchev–Trinajstić information content (AvgIpc) is 3.23. The van der Waals surface area contributed by atoms with Crippen molar-refractivity contribution < 1.29 is 23.8 Å². The standard InChI is InChI=1S/C20H18FN3O4/c1-27-16-7-11-6-15-19(14(11)9-17(16)28-2)24(18(26)10-25)23-20(15)22-13-5-3-4-12(21)8-13/h3-5,7-9,25H,6,10H2,1-2H3,(H,22,23). The van der Waals surface area contributed by atoms with Gasteiger partial charge in [-0.3, -0.25) is 4.79 Å². The molecule has 7 nitrogen and oxygen atoms in total. The minimum absolute atomic E-state index is 0.384. The summed E-state index contributed by atoms with van der Waals surface area (Å²) in [6, 6.07) is 9.61. The molecule has 0 amide bonds. The summed E-state index contributed by atoms with van der Waals surface area (Å²) in [6.07, 6.45) is 0.501. The molecule has 1 aliphatic rings. The third-order valence-electron chi connectivity index (χ3n) is 4.67. The lowest BCUT2D eigenvalue weighted by atomic mass is 10.1. The number of aliphatic hydroxyl groups excluding tert-OH is 1. The van der Waals surface area contributed by atoms with Gasteiger partial charge < -0.3 is 19.9 Å². The van der Waals surface area contributed by atoms with Crippen LogP contribution in [-0.4, -0.2) is 41.6 Å². The first-order chi connectivity index (χ1) is 13.5. The highest BCUT2D eigenvalue weighted by molar-refractivity contribution is 5.91. The number of benzene rings is 2. The maximum atomic E-state index is 13.5. The fourth-order valence-electron chi connectivity index (χ4n) is 3.42. The first-order valence-corrected chi connectivity index (χ1v) is 8.59. The molecule has 1 heterocycles. The number of carbonyl (C=O) groups excluding carboxylic acids is 1. The van der Waals surface area contributed by atoms with Crippen LogP contribution in [0.5, 0.6) is 11.5 Å². The van der Waals surface area contributed by atoms with Crippen LogP contribution < -0.4 is 14.8 Å². The first-order valence-electron chi connectivity index (χ1n) is 8.59. The van der Waals surface area contributed by atoms with Crippen LogP contribution in [0.4, 0.5) is 15.9 Å². The van der Waals surface area contributed by atoms with Gasteiger partial charge in [0.25, 0.3) is 5.91 Å². The summed E-state index contributed by atoms with van der Waals surface area (Å²) in [6.45, 7) is -0.684. The fraction of sp³-hybridized carbons (Fsp3) is 0.200. The molecule has 0 radical (unpaired) electrons. The number of carbonyl (C=O) groups is 1. The smallest absolute Gasteiger partial charge is 0.273 e. The fourth-order valence-corrected chi connectivity index (χ4v) is 3.42. The van der Waals surface area contributed by atoms with Crippen LogP contribution >= 0.6 is 0 Å². The molecular formula is C20H18FN3O4. The minimum atomic E-state index is -0.684. The van der Waals surface area contributed by atoms with Crippen LogP contribution in [-0.2, 0) is 6.42 Å². The number of aliphatic hydroxyl groups is 1. The molecule has 0 saturated carbocycles. The van der Waals surface area contributed by atoms with Gasteiger partial charge in [-0.2, -0.15) is 4.68 Å². The molecule has 28 heavy (non-hydrogen) atoms. The number of aromatic nitrogens is 2. The van der Waals surface area contributed by atoms with Gasteiger partial charge in [-0.25, -0.2) is 4.39 Å². The van der Waals surface area contributed by atoms with Crippen LogP contribution in [0, 0.1) is 5.82 Å². The lowest BCUT2D eigenvalue weighted by molar-refractivity contribution is 0.0804. The molecule has 0 saturated heterocycles. The summed E-state index contributed by atoms with van der Waals surface area (Å²) in [4.78, 5) is 12.3. The summed E-state index contributed by atoms with van der Waals surface area (Å²) in [7, 11) is 3.09. The molecular weight excluding hydrogens is 365 g/mol. The zero-order valence-electron chi connectivity index (χ0n) is 15.3. The maximum Gasteiger partial charge on any atom is 0.273 e. The Kier molecular flexibility index (Phi) is 4.48. The van der Waals surface area contributed by atoms with Crippen molar-refractivity contribution in [3.63, 3.8) is 0 Å². The van der Waals surface area contributed by atoms with Crippen molar-refractivity contribution in [2.75, 3.05) is 26.1 Å². The third kappa shape index (κ3) is 2.87. The second-order valence-corrected chi connectivity index (χ2v) is 6.32. The van der Waals surface area contributed by atoms with Gasteiger partial charge in [0.15, 0.2) is 17.3 Å². The number of nitrogens with one attached hydrogen (secondary N) is 1. The van der Waals surface area contributed by atoms with E-state index in [0.717, 1.165) is 16.7 Å². The van der Waals surface area contributed by atoms with Gasteiger partial charge in [0.05, 0.1) is 19.9 Å². The molecule has 0 bridgehead atoms. The summed E-state index contributed by atoms with van der Waals surface area (Å²) in [5, 5.41) is 16.8. The van der Waals surface area contributed by atoms with E-state index in [4.69, 9.17) is 9.47 Å². The predicted octanol–water partition coefficient (Wildman–Crippen LogP) is 2.99. The van der Waals surface area contributed by atoms with Crippen molar-refractivity contribution in [3.05, 3.63) is 53.3 Å². The van der Waals surface area contributed by atoms with Crippen LogP contribution in [0.15, 0.2) is 36.4 Å². The second-order valence-electron chi connectivity index (χ2n) is 6.32. The van der Waals surface area contributed by atoms with Gasteiger partial charge in [0, 0.05) is 23.2 Å². The Morgan fingerprint density at radius 1 is 1.25 bits per heavy atom. The van der Waals surface area contributed by atoms with E-state index in [1.54, 1.807) is 25.3 Å². The zero-order valence-corrected chi connectivity index (χ0v) is 15.3. The molecule has 3 aromatic rings. The van der Waals surface area contributed by atoms with E-state index in [9.17, 15) is 14.3 Å². The van der Waals surface area contributed by atoms with Gasteiger partial charge in [-0.15, -0.1) is 5.10 Å². The molecule has 0 aliphatic heterocycles. The molecule has 2 aromatic carbocycles. The van der Waals surface area contributed by atoms with Crippen molar-refractivity contribution in [3.8, 4) is 22.8 Å². The summed E-state index contributed by atoms with van der Waals surface area (Å²) in [5.74, 6) is 0.588. The number of anilines is 2. The largest absolute Gasteiger partial charge is 0.493 e. The Morgan fingerprint density at radius 3 is 2.68 bits per heavy atom. The van der Waals surface area contributed by atoms with E-state index >= 15 is 0 Å². The summed E-state index contributed by atoms with van der Waals surface area (Å²) >= 11 is 0. The first kappa shape index (κ1) is 18.0. The molecule has 8 heteroatoms. The lowest BCUT2D eigenvalue weighted by Crippen LogP contribution is -2.17. The van der Waals surface area contributed by atoms with Crippen LogP contribution in [0.3, 0.4) is 0 Å². The van der Waals surface area contributed by atoms with E-state index in [1.165, 1.54) is 23.9 Å². The highest BCUT2D eigenvalue weighted by Gasteiger charge is 2.31. The SMILES string of the molecule is COc1cc2c(cc1OC)-c1c(c(Nc3cccc(F)c3)nn1C(=O)CO)C2. The number of halogens is 1. The van der Waals surface area contributed by atoms with Crippen LogP contribution in [0.1, 0.15) is 15.9 Å². The number of methoxy groups -OCH3 is 2. The maximum absolute atomic E-state index is 13.5. The molecule has 0 atom stereocenters. The van der Waals surface area contributed by atoms with Crippen molar-refractivity contribution in [1.82, 2.24) is 9.78 Å². The van der Waals surface area contributed by atoms with E-state index in [2.05, 4.69) is 10.4 Å². The number of hydrogen-bond acceptors (Lipinski definition) is 6. The zero-order chi connectivity index (χ0) is 19.8. The molecule has 144 valence electrons. The van der Waals surface area contributed by atoms with E-state index in [0.29, 0.717) is 35.1 Å². The van der Waals surface area contributed by atoms with E-state index in [-0.39, 0.29) is 5.82 Å². The molecule has 0 spiro atoms. The van der Waals surface area contributed by atoms with E-state index < -0.39 is 12.5 Å². The van der Waals surface area contributed by atoms with Gasteiger partial charge in [0.2, 0.25) is 0 Å².